The number of nitrogens with zero attached hydrogens (tertiary/aromatic N) is 4. The number of anilines is 1. The molecule has 0 aromatic heterocycles. The lowest BCUT2D eigenvalue weighted by atomic mass is 9.75. The maximum Gasteiger partial charge on any atom is 0.266 e. The molecule has 180 valence electrons. The van der Waals surface area contributed by atoms with Crippen molar-refractivity contribution in [2.24, 2.45) is 10.7 Å². The third kappa shape index (κ3) is 3.35. The fraction of sp³-hybridized carbons (Fsp3) is 0.214. The second kappa shape index (κ2) is 8.61. The number of nitriles is 1. The molecule has 7 nitrogen and oxygen atoms in total. The van der Waals surface area contributed by atoms with Crippen LogP contribution in [0.25, 0.3) is 11.1 Å². The smallest absolute Gasteiger partial charge is 0.266 e. The van der Waals surface area contributed by atoms with E-state index >= 15 is 4.39 Å². The molecule has 3 aromatic rings. The van der Waals surface area contributed by atoms with Crippen LogP contribution < -0.4 is 10.6 Å². The van der Waals surface area contributed by atoms with Crippen LogP contribution in [0.2, 0.25) is 0 Å². The summed E-state index contributed by atoms with van der Waals surface area (Å²) in [5.74, 6) is -1.34. The molecule has 1 atom stereocenters. The molecule has 0 radical (unpaired) electrons. The highest BCUT2D eigenvalue weighted by atomic mass is 19.1. The maximum absolute atomic E-state index is 15.1. The van der Waals surface area contributed by atoms with Crippen molar-refractivity contribution >= 4 is 23.5 Å². The molecule has 0 spiro atoms. The number of carbonyl (C=O) groups is 2. The second-order valence-electron chi connectivity index (χ2n) is 8.99. The highest BCUT2D eigenvalue weighted by Crippen LogP contribution is 2.47. The number of benzene rings is 3. The summed E-state index contributed by atoms with van der Waals surface area (Å²) < 4.78 is 15.1. The van der Waals surface area contributed by atoms with Gasteiger partial charge in [0.2, 0.25) is 5.91 Å². The van der Waals surface area contributed by atoms with Crippen LogP contribution >= 0.6 is 0 Å². The predicted molar refractivity (Wildman–Crippen MR) is 135 cm³/mol. The van der Waals surface area contributed by atoms with Crippen molar-refractivity contribution in [1.29, 1.82) is 5.26 Å². The van der Waals surface area contributed by atoms with E-state index in [4.69, 9.17) is 5.73 Å². The van der Waals surface area contributed by atoms with Gasteiger partial charge in [-0.05, 0) is 47.2 Å². The lowest BCUT2D eigenvalue weighted by Crippen LogP contribution is -2.42. The van der Waals surface area contributed by atoms with Crippen LogP contribution in [0.3, 0.4) is 0 Å². The van der Waals surface area contributed by atoms with Crippen molar-refractivity contribution in [1.82, 2.24) is 4.90 Å². The Morgan fingerprint density at radius 2 is 1.92 bits per heavy atom. The first-order chi connectivity index (χ1) is 17.3. The number of amides is 2. The molecular formula is C28H24FN5O2. The summed E-state index contributed by atoms with van der Waals surface area (Å²) in [5, 5.41) is 10.1. The summed E-state index contributed by atoms with van der Waals surface area (Å²) in [6.07, 6.45) is 1.47. The highest BCUT2D eigenvalue weighted by molar-refractivity contribution is 6.10. The number of hydrogen-bond donors (Lipinski definition) is 1. The van der Waals surface area contributed by atoms with Crippen LogP contribution in [0, 0.1) is 17.1 Å². The van der Waals surface area contributed by atoms with Crippen LogP contribution in [0.4, 0.5) is 10.1 Å². The summed E-state index contributed by atoms with van der Waals surface area (Å²) in [7, 11) is 1.51. The number of nitrogens with two attached hydrogens (primary N) is 1. The van der Waals surface area contributed by atoms with Crippen molar-refractivity contribution in [2.75, 3.05) is 18.5 Å². The number of hydrogen-bond acceptors (Lipinski definition) is 5. The van der Waals surface area contributed by atoms with Gasteiger partial charge in [0.25, 0.3) is 5.91 Å². The Morgan fingerprint density at radius 3 is 2.56 bits per heavy atom. The van der Waals surface area contributed by atoms with Crippen LogP contribution in [-0.2, 0) is 21.5 Å². The van der Waals surface area contributed by atoms with Gasteiger partial charge in [-0.25, -0.2) is 9.38 Å². The molecule has 2 N–H and O–H groups in total. The first-order valence-electron chi connectivity index (χ1n) is 11.6. The minimum absolute atomic E-state index is 0.0322. The average Bonchev–Trinajstić information content (AvgIpc) is 3.12. The third-order valence-corrected chi connectivity index (χ3v) is 6.95. The largest absolute Gasteiger partial charge is 0.369 e. The predicted octanol–water partition coefficient (Wildman–Crippen LogP) is 3.69. The SMILES string of the molecule is CC(=O)N1CCCc2cc(C3(c4c(-c5ccccc5)ccc(F)c4C#N)N=C(N)N(C)C3=O)ccc21. The minimum Gasteiger partial charge on any atom is -0.369 e. The Morgan fingerprint density at radius 1 is 1.17 bits per heavy atom. The molecule has 1 unspecified atom stereocenters. The number of carbonyl (C=O) groups excluding carboxylic acids is 2. The fourth-order valence-corrected chi connectivity index (χ4v) is 5.21. The van der Waals surface area contributed by atoms with Crippen LogP contribution in [0.1, 0.15) is 35.6 Å². The van der Waals surface area contributed by atoms with Gasteiger partial charge in [-0.15, -0.1) is 0 Å². The zero-order chi connectivity index (χ0) is 25.6. The number of rotatable bonds is 3. The molecule has 2 aliphatic heterocycles. The first-order valence-corrected chi connectivity index (χ1v) is 11.6. The summed E-state index contributed by atoms with van der Waals surface area (Å²) in [4.78, 5) is 33.7. The number of aliphatic imine (C=N–C) groups is 1. The Bertz CT molecular complexity index is 1480. The summed E-state index contributed by atoms with van der Waals surface area (Å²) in [6.45, 7) is 2.13. The van der Waals surface area contributed by atoms with Gasteiger partial charge in [0.05, 0.1) is 5.56 Å². The number of aryl methyl sites for hydroxylation is 1. The number of halogens is 1. The zero-order valence-corrected chi connectivity index (χ0v) is 20.0. The minimum atomic E-state index is -1.77. The van der Waals surface area contributed by atoms with E-state index < -0.39 is 17.3 Å². The standard InChI is InChI=1S/C28H24FN5O2/c1-17(35)34-14-6-9-19-15-20(10-13-24(19)34)28(26(36)33(2)27(31)32-28)25-21(18-7-4-3-5-8-18)11-12-23(29)22(25)16-30/h3-5,7-8,10-13,15H,6,9,14H2,1-2H3,(H2,31,32). The Kier molecular flexibility index (Phi) is 5.56. The van der Waals surface area contributed by atoms with E-state index in [1.54, 1.807) is 23.1 Å². The fourth-order valence-electron chi connectivity index (χ4n) is 5.21. The van der Waals surface area contributed by atoms with Gasteiger partial charge >= 0.3 is 0 Å². The average molecular weight is 482 g/mol. The summed E-state index contributed by atoms with van der Waals surface area (Å²) in [6, 6.07) is 19.3. The molecular weight excluding hydrogens is 457 g/mol. The highest BCUT2D eigenvalue weighted by Gasteiger charge is 2.52. The van der Waals surface area contributed by atoms with Crippen molar-refractivity contribution in [2.45, 2.75) is 25.3 Å². The Balaban J connectivity index is 1.86. The number of guanidine groups is 1. The molecule has 2 heterocycles. The molecule has 5 rings (SSSR count). The number of fused-ring (bicyclic) bond motifs is 1. The summed E-state index contributed by atoms with van der Waals surface area (Å²) in [5.41, 5.74) is 7.60. The van der Waals surface area contributed by atoms with E-state index in [2.05, 4.69) is 4.99 Å². The van der Waals surface area contributed by atoms with Crippen molar-refractivity contribution in [3.05, 3.63) is 88.7 Å². The van der Waals surface area contributed by atoms with Gasteiger partial charge in [-0.2, -0.15) is 5.26 Å². The molecule has 8 heteroatoms. The molecule has 0 bridgehead atoms. The molecule has 3 aromatic carbocycles. The Labute approximate surface area is 208 Å². The topological polar surface area (TPSA) is 103 Å². The molecule has 0 aliphatic carbocycles. The maximum atomic E-state index is 15.1. The molecule has 0 saturated carbocycles. The quantitative estimate of drug-likeness (QED) is 0.616. The molecule has 0 saturated heterocycles. The monoisotopic (exact) mass is 481 g/mol. The second-order valence-corrected chi connectivity index (χ2v) is 8.99. The van der Waals surface area contributed by atoms with Crippen LogP contribution in [0.15, 0.2) is 65.7 Å². The van der Waals surface area contributed by atoms with E-state index in [1.807, 2.05) is 42.5 Å². The lowest BCUT2D eigenvalue weighted by Gasteiger charge is -2.33. The molecule has 36 heavy (non-hydrogen) atoms. The number of likely N-dealkylation sites (N-methyl/N-ethyl adjacent to an activating group) is 1. The molecule has 2 aliphatic rings. The molecule has 0 fully saturated rings. The van der Waals surface area contributed by atoms with Gasteiger partial charge < -0.3 is 10.6 Å². The van der Waals surface area contributed by atoms with Gasteiger partial charge in [0.1, 0.15) is 11.9 Å². The van der Waals surface area contributed by atoms with Crippen molar-refractivity contribution in [3.8, 4) is 17.2 Å². The van der Waals surface area contributed by atoms with Crippen LogP contribution in [-0.4, -0.2) is 36.3 Å². The van der Waals surface area contributed by atoms with E-state index in [1.165, 1.54) is 24.9 Å². The Hall–Kier alpha value is -4.51. The summed E-state index contributed by atoms with van der Waals surface area (Å²) >= 11 is 0. The van der Waals surface area contributed by atoms with E-state index in [-0.39, 0.29) is 23.0 Å². The molecule has 2 amide bonds. The van der Waals surface area contributed by atoms with Gasteiger partial charge in [0.15, 0.2) is 11.5 Å². The van der Waals surface area contributed by atoms with Crippen LogP contribution in [0.5, 0.6) is 0 Å². The van der Waals surface area contributed by atoms with Gasteiger partial charge in [-0.3, -0.25) is 14.5 Å². The lowest BCUT2D eigenvalue weighted by molar-refractivity contribution is -0.129. The van der Waals surface area contributed by atoms with Gasteiger partial charge in [-0.1, -0.05) is 48.5 Å². The van der Waals surface area contributed by atoms with E-state index in [0.717, 1.165) is 17.7 Å². The van der Waals surface area contributed by atoms with Crippen molar-refractivity contribution < 1.29 is 14.0 Å². The van der Waals surface area contributed by atoms with E-state index in [9.17, 15) is 14.9 Å². The normalized spacial score (nSPS) is 19.1. The van der Waals surface area contributed by atoms with E-state index in [0.29, 0.717) is 29.7 Å². The first kappa shape index (κ1) is 23.2. The van der Waals surface area contributed by atoms with Gasteiger partial charge in [0, 0.05) is 31.8 Å². The van der Waals surface area contributed by atoms with Crippen molar-refractivity contribution in [3.63, 3.8) is 0 Å². The zero-order valence-electron chi connectivity index (χ0n) is 20.0. The third-order valence-electron chi connectivity index (χ3n) is 6.95.